The molecule has 0 aromatic carbocycles. The maximum Gasteiger partial charge on any atom is 0.253 e. The van der Waals surface area contributed by atoms with E-state index in [1.54, 1.807) is 0 Å². The van der Waals surface area contributed by atoms with Crippen LogP contribution >= 0.6 is 0 Å². The number of nitrogens with one attached hydrogen (secondary N) is 2. The number of likely N-dealkylation sites (tertiary alicyclic amines) is 1. The number of hydrogen-bond acceptors (Lipinski definition) is 3. The van der Waals surface area contributed by atoms with E-state index in [2.05, 4.69) is 41.3 Å². The third-order valence-corrected chi connectivity index (χ3v) is 4.32. The summed E-state index contributed by atoms with van der Waals surface area (Å²) in [5.41, 5.74) is -0.433. The van der Waals surface area contributed by atoms with Gasteiger partial charge in [0.05, 0.1) is 0 Å². The SMILES string of the molecule is CC(C)CN=C1NC(=O)C2(CC(C)N(C3CC3)C2)N1. The third kappa shape index (κ3) is 2.36. The van der Waals surface area contributed by atoms with Crippen molar-refractivity contribution < 1.29 is 4.79 Å². The van der Waals surface area contributed by atoms with Gasteiger partial charge >= 0.3 is 0 Å². The van der Waals surface area contributed by atoms with E-state index in [0.29, 0.717) is 24.0 Å². The molecule has 106 valence electrons. The van der Waals surface area contributed by atoms with Crippen LogP contribution < -0.4 is 10.6 Å². The maximum absolute atomic E-state index is 12.3. The highest BCUT2D eigenvalue weighted by molar-refractivity contribution is 6.09. The number of hydrogen-bond donors (Lipinski definition) is 2. The molecule has 0 bridgehead atoms. The molecule has 2 unspecified atom stereocenters. The van der Waals surface area contributed by atoms with Crippen LogP contribution in [0, 0.1) is 5.92 Å². The van der Waals surface area contributed by atoms with Gasteiger partial charge < -0.3 is 5.32 Å². The minimum absolute atomic E-state index is 0.102. The van der Waals surface area contributed by atoms with Crippen LogP contribution in [0.3, 0.4) is 0 Å². The van der Waals surface area contributed by atoms with Crippen LogP contribution in [0.15, 0.2) is 4.99 Å². The molecule has 1 amide bonds. The molecular formula is C14H24N4O. The molecule has 0 radical (unpaired) electrons. The van der Waals surface area contributed by atoms with Crippen molar-refractivity contribution in [3.05, 3.63) is 0 Å². The molecular weight excluding hydrogens is 240 g/mol. The van der Waals surface area contributed by atoms with E-state index >= 15 is 0 Å². The van der Waals surface area contributed by atoms with Gasteiger partial charge in [0.1, 0.15) is 5.54 Å². The summed E-state index contributed by atoms with van der Waals surface area (Å²) in [4.78, 5) is 19.2. The Labute approximate surface area is 114 Å². The number of amides is 1. The fourth-order valence-electron chi connectivity index (χ4n) is 3.20. The fraction of sp³-hybridized carbons (Fsp3) is 0.857. The minimum Gasteiger partial charge on any atom is -0.340 e. The molecule has 2 aliphatic heterocycles. The molecule has 2 heterocycles. The van der Waals surface area contributed by atoms with Crippen molar-refractivity contribution in [3.63, 3.8) is 0 Å². The molecule has 3 aliphatic rings. The summed E-state index contributed by atoms with van der Waals surface area (Å²) in [7, 11) is 0. The molecule has 5 nitrogen and oxygen atoms in total. The molecule has 1 saturated carbocycles. The van der Waals surface area contributed by atoms with Gasteiger partial charge in [-0.15, -0.1) is 0 Å². The second-order valence-corrected chi connectivity index (χ2v) is 6.70. The number of carbonyl (C=O) groups excluding carboxylic acids is 1. The normalized spacial score (nSPS) is 37.4. The van der Waals surface area contributed by atoms with Crippen molar-refractivity contribution in [2.75, 3.05) is 13.1 Å². The van der Waals surface area contributed by atoms with Gasteiger partial charge in [-0.2, -0.15) is 0 Å². The maximum atomic E-state index is 12.3. The molecule has 0 aromatic rings. The highest BCUT2D eigenvalue weighted by Gasteiger charge is 2.54. The highest BCUT2D eigenvalue weighted by Crippen LogP contribution is 2.38. The van der Waals surface area contributed by atoms with Crippen LogP contribution in [-0.2, 0) is 4.79 Å². The third-order valence-electron chi connectivity index (χ3n) is 4.32. The van der Waals surface area contributed by atoms with Gasteiger partial charge in [0, 0.05) is 25.2 Å². The first-order valence-electron chi connectivity index (χ1n) is 7.40. The van der Waals surface area contributed by atoms with E-state index in [-0.39, 0.29) is 5.91 Å². The molecule has 2 N–H and O–H groups in total. The first kappa shape index (κ1) is 12.9. The lowest BCUT2D eigenvalue weighted by molar-refractivity contribution is -0.123. The molecule has 3 fully saturated rings. The van der Waals surface area contributed by atoms with E-state index in [1.165, 1.54) is 12.8 Å². The van der Waals surface area contributed by atoms with Crippen molar-refractivity contribution >= 4 is 11.9 Å². The summed E-state index contributed by atoms with van der Waals surface area (Å²) in [5.74, 6) is 1.28. The number of nitrogens with zero attached hydrogens (tertiary/aromatic N) is 2. The standard InChI is InChI=1S/C14H24N4O/c1-9(2)7-15-13-16-12(19)14(17-13)6-10(3)18(8-14)11-4-5-11/h9-11H,4-8H2,1-3H3,(H2,15,16,17,19). The summed E-state index contributed by atoms with van der Waals surface area (Å²) < 4.78 is 0. The molecule has 5 heteroatoms. The zero-order valence-electron chi connectivity index (χ0n) is 12.1. The van der Waals surface area contributed by atoms with Crippen LogP contribution in [0.5, 0.6) is 0 Å². The Morgan fingerprint density at radius 1 is 1.47 bits per heavy atom. The summed E-state index contributed by atoms with van der Waals surface area (Å²) in [6.45, 7) is 8.06. The molecule has 19 heavy (non-hydrogen) atoms. The van der Waals surface area contributed by atoms with E-state index in [9.17, 15) is 4.79 Å². The zero-order chi connectivity index (χ0) is 13.6. The molecule has 2 atom stereocenters. The summed E-state index contributed by atoms with van der Waals surface area (Å²) >= 11 is 0. The van der Waals surface area contributed by atoms with Gasteiger partial charge in [-0.3, -0.25) is 20.0 Å². The minimum atomic E-state index is -0.433. The summed E-state index contributed by atoms with van der Waals surface area (Å²) in [6, 6.07) is 1.19. The quantitative estimate of drug-likeness (QED) is 0.789. The Kier molecular flexibility index (Phi) is 3.04. The largest absolute Gasteiger partial charge is 0.340 e. The van der Waals surface area contributed by atoms with Crippen molar-refractivity contribution in [1.82, 2.24) is 15.5 Å². The van der Waals surface area contributed by atoms with Gasteiger partial charge in [0.25, 0.3) is 5.91 Å². The Morgan fingerprint density at radius 2 is 2.21 bits per heavy atom. The average Bonchev–Trinajstić information content (AvgIpc) is 3.06. The van der Waals surface area contributed by atoms with Crippen molar-refractivity contribution in [1.29, 1.82) is 0 Å². The number of aliphatic imine (C=N–C) groups is 1. The van der Waals surface area contributed by atoms with Crippen LogP contribution in [0.4, 0.5) is 0 Å². The lowest BCUT2D eigenvalue weighted by Crippen LogP contribution is -2.49. The lowest BCUT2D eigenvalue weighted by atomic mass is 9.97. The summed E-state index contributed by atoms with van der Waals surface area (Å²) in [5, 5.41) is 6.28. The lowest BCUT2D eigenvalue weighted by Gasteiger charge is -2.22. The van der Waals surface area contributed by atoms with Gasteiger partial charge in [-0.1, -0.05) is 13.8 Å². The van der Waals surface area contributed by atoms with Gasteiger partial charge in [-0.25, -0.2) is 0 Å². The highest BCUT2D eigenvalue weighted by atomic mass is 16.2. The van der Waals surface area contributed by atoms with Crippen LogP contribution in [0.1, 0.15) is 40.0 Å². The predicted octanol–water partition coefficient (Wildman–Crippen LogP) is 0.713. The Bertz CT molecular complexity index is 416. The molecule has 3 rings (SSSR count). The Morgan fingerprint density at radius 3 is 2.84 bits per heavy atom. The molecule has 1 aliphatic carbocycles. The number of carbonyl (C=O) groups is 1. The molecule has 1 spiro atoms. The van der Waals surface area contributed by atoms with Crippen molar-refractivity contribution in [2.45, 2.75) is 57.7 Å². The van der Waals surface area contributed by atoms with E-state index in [0.717, 1.165) is 19.5 Å². The molecule has 0 aromatic heterocycles. The second kappa shape index (κ2) is 4.47. The average molecular weight is 264 g/mol. The van der Waals surface area contributed by atoms with Crippen molar-refractivity contribution in [2.24, 2.45) is 10.9 Å². The smallest absolute Gasteiger partial charge is 0.253 e. The van der Waals surface area contributed by atoms with E-state index in [1.807, 2.05) is 0 Å². The van der Waals surface area contributed by atoms with Crippen LogP contribution in [0.25, 0.3) is 0 Å². The van der Waals surface area contributed by atoms with Crippen LogP contribution in [0.2, 0.25) is 0 Å². The number of rotatable bonds is 3. The fourth-order valence-corrected chi connectivity index (χ4v) is 3.20. The van der Waals surface area contributed by atoms with Gasteiger partial charge in [-0.05, 0) is 32.1 Å². The topological polar surface area (TPSA) is 56.7 Å². The van der Waals surface area contributed by atoms with Gasteiger partial charge in [0.2, 0.25) is 0 Å². The van der Waals surface area contributed by atoms with Crippen LogP contribution in [-0.4, -0.2) is 47.5 Å². The number of guanidine groups is 1. The Hall–Kier alpha value is -1.10. The monoisotopic (exact) mass is 264 g/mol. The molecule has 2 saturated heterocycles. The van der Waals surface area contributed by atoms with Gasteiger partial charge in [0.15, 0.2) is 5.96 Å². The van der Waals surface area contributed by atoms with E-state index in [4.69, 9.17) is 0 Å². The second-order valence-electron chi connectivity index (χ2n) is 6.70. The first-order chi connectivity index (χ1) is 9.00. The first-order valence-corrected chi connectivity index (χ1v) is 7.40. The van der Waals surface area contributed by atoms with Crippen molar-refractivity contribution in [3.8, 4) is 0 Å². The predicted molar refractivity (Wildman–Crippen MR) is 75.0 cm³/mol. The van der Waals surface area contributed by atoms with E-state index < -0.39 is 5.54 Å². The Balaban J connectivity index is 1.71. The zero-order valence-corrected chi connectivity index (χ0v) is 12.1. The summed E-state index contributed by atoms with van der Waals surface area (Å²) in [6.07, 6.45) is 3.46.